The van der Waals surface area contributed by atoms with Gasteiger partial charge in [-0.15, -0.1) is 34.0 Å². The first-order valence-corrected chi connectivity index (χ1v) is 36.6. The van der Waals surface area contributed by atoms with Gasteiger partial charge in [0.05, 0.1) is 95.0 Å². The summed E-state index contributed by atoms with van der Waals surface area (Å²) in [6, 6.07) is 17.5. The molecule has 6 aliphatic heterocycles. The molecule has 3 N–H and O–H groups in total. The molecule has 104 heavy (non-hydrogen) atoms. The number of morpholine rings is 3. The Bertz CT molecular complexity index is 3900. The molecule has 9 heterocycles. The number of esters is 3. The van der Waals surface area contributed by atoms with E-state index < -0.39 is 47.7 Å². The van der Waals surface area contributed by atoms with E-state index in [0.29, 0.717) is 184 Å². The van der Waals surface area contributed by atoms with Crippen LogP contribution in [0.25, 0.3) is 0 Å². The lowest BCUT2D eigenvalue weighted by Crippen LogP contribution is -2.46. The first kappa shape index (κ1) is 77.5. The first-order chi connectivity index (χ1) is 50.8. The van der Waals surface area contributed by atoms with E-state index in [2.05, 4.69) is 50.6 Å². The van der Waals surface area contributed by atoms with Crippen molar-refractivity contribution in [1.29, 1.82) is 0 Å². The average molecular weight is 1510 g/mol. The van der Waals surface area contributed by atoms with Gasteiger partial charge >= 0.3 is 17.9 Å². The number of halogens is 3. The quantitative estimate of drug-likeness (QED) is 0.0177. The second-order valence-electron chi connectivity index (χ2n) is 23.7. The van der Waals surface area contributed by atoms with Crippen LogP contribution in [0.2, 0.25) is 5.02 Å². The summed E-state index contributed by atoms with van der Waals surface area (Å²) in [5.74, 6) is -0.960. The van der Waals surface area contributed by atoms with Crippen LogP contribution in [0, 0.1) is 11.6 Å². The van der Waals surface area contributed by atoms with Crippen LogP contribution in [0.3, 0.4) is 0 Å². The van der Waals surface area contributed by atoms with E-state index in [1.54, 1.807) is 74.9 Å². The molecule has 0 saturated carbocycles. The molecule has 3 fully saturated rings. The maximum Gasteiger partial charge on any atom is 0.338 e. The number of methoxy groups -OCH3 is 1. The Balaban J connectivity index is 0.000000167. The van der Waals surface area contributed by atoms with Gasteiger partial charge in [0, 0.05) is 152 Å². The van der Waals surface area contributed by atoms with Gasteiger partial charge in [-0.2, -0.15) is 0 Å². The number of thiazole rings is 3. The Morgan fingerprint density at radius 3 is 1.17 bits per heavy atom. The van der Waals surface area contributed by atoms with E-state index in [0.717, 1.165) is 5.56 Å². The number of rotatable bonds is 29. The number of carbonyl (C=O) groups excluding carboxylic acids is 6. The maximum atomic E-state index is 14.9. The van der Waals surface area contributed by atoms with E-state index in [-0.39, 0.29) is 67.0 Å². The number of hydrogen-bond acceptors (Lipinski definition) is 30. The third kappa shape index (κ3) is 20.9. The Hall–Kier alpha value is -9.09. The molecule has 3 aromatic heterocycles. The zero-order chi connectivity index (χ0) is 73.2. The molecule has 12 rings (SSSR count). The molecule has 0 radical (unpaired) electrons. The summed E-state index contributed by atoms with van der Waals surface area (Å²) in [5.41, 5.74) is 4.08. The van der Waals surface area contributed by atoms with Crippen LogP contribution in [0.4, 0.5) is 8.78 Å². The number of nitrogens with one attached hydrogen (secondary N) is 3. The summed E-state index contributed by atoms with van der Waals surface area (Å²) < 4.78 is 77.5. The third-order valence-corrected chi connectivity index (χ3v) is 19.7. The highest BCUT2D eigenvalue weighted by atomic mass is 35.5. The second-order valence-corrected chi connectivity index (χ2v) is 26.7. The van der Waals surface area contributed by atoms with Gasteiger partial charge in [-0.25, -0.2) is 38.1 Å². The van der Waals surface area contributed by atoms with Gasteiger partial charge in [-0.1, -0.05) is 66.2 Å². The second kappa shape index (κ2) is 39.7. The fraction of sp³-hybridized carbons (Fsp3) is 0.408. The summed E-state index contributed by atoms with van der Waals surface area (Å²) >= 11 is 10.8. The highest BCUT2D eigenvalue weighted by Gasteiger charge is 2.39. The summed E-state index contributed by atoms with van der Waals surface area (Å²) in [5, 5.41) is 17.9. The lowest BCUT2D eigenvalue weighted by atomic mass is 9.94. The highest BCUT2D eigenvalue weighted by molar-refractivity contribution is 7.12. The number of carbonyl (C=O) groups is 6. The van der Waals surface area contributed by atoms with Crippen molar-refractivity contribution >= 4 is 100 Å². The molecule has 552 valence electrons. The molecule has 0 aliphatic carbocycles. The molecule has 27 nitrogen and oxygen atoms in total. The largest absolute Gasteiger partial charge is 0.468 e. The van der Waals surface area contributed by atoms with Gasteiger partial charge in [0.1, 0.15) is 29.8 Å². The summed E-state index contributed by atoms with van der Waals surface area (Å²) in [6.45, 7) is 12.5. The Morgan fingerprint density at radius 2 is 0.856 bits per heavy atom. The Morgan fingerprint density at radius 1 is 0.519 bits per heavy atom. The van der Waals surface area contributed by atoms with Crippen molar-refractivity contribution < 1.29 is 80.2 Å². The third-order valence-electron chi connectivity index (χ3n) is 17.0. The molecular formula is C71H79ClF2N12O15S3. The van der Waals surface area contributed by atoms with Crippen molar-refractivity contribution in [2.24, 2.45) is 15.0 Å². The number of aromatic nitrogens is 3. The summed E-state index contributed by atoms with van der Waals surface area (Å²) in [7, 11) is 1.29. The number of hydrogen-bond donors (Lipinski definition) is 3. The minimum Gasteiger partial charge on any atom is -0.468 e. The molecule has 6 aromatic rings. The molecule has 0 unspecified atom stereocenters. The number of benzene rings is 3. The molecule has 0 spiro atoms. The molecule has 3 aromatic carbocycles. The Kier molecular flexibility index (Phi) is 29.6. The lowest BCUT2D eigenvalue weighted by Gasteiger charge is -2.35. The smallest absolute Gasteiger partial charge is 0.338 e. The fourth-order valence-corrected chi connectivity index (χ4v) is 14.2. The van der Waals surface area contributed by atoms with Crippen molar-refractivity contribution in [1.82, 2.24) is 45.6 Å². The fourth-order valence-electron chi connectivity index (χ4n) is 12.2. The van der Waals surface area contributed by atoms with Crippen LogP contribution in [0.15, 0.2) is 156 Å². The predicted molar refractivity (Wildman–Crippen MR) is 383 cm³/mol. The van der Waals surface area contributed by atoms with Crippen molar-refractivity contribution in [3.63, 3.8) is 0 Å². The molecule has 0 bridgehead atoms. The number of amidine groups is 3. The number of aliphatic imine (C=N–C) groups is 3. The molecule has 3 saturated heterocycles. The van der Waals surface area contributed by atoms with Gasteiger partial charge in [0.2, 0.25) is 0 Å². The monoisotopic (exact) mass is 1510 g/mol. The van der Waals surface area contributed by atoms with Gasteiger partial charge < -0.3 is 58.6 Å². The molecule has 0 amide bonds. The van der Waals surface area contributed by atoms with Crippen LogP contribution in [0.5, 0.6) is 0 Å². The zero-order valence-corrected chi connectivity index (χ0v) is 60.4. The van der Waals surface area contributed by atoms with E-state index in [4.69, 9.17) is 64.2 Å². The van der Waals surface area contributed by atoms with Crippen LogP contribution in [-0.2, 0) is 71.4 Å². The summed E-state index contributed by atoms with van der Waals surface area (Å²) in [4.78, 5) is 104. The average Bonchev–Trinajstić information content (AvgIpc) is 1.19. The van der Waals surface area contributed by atoms with E-state index in [1.165, 1.54) is 53.3 Å². The standard InChI is InChI=1S/C24H27ClN4O5S.C24H27FN4O5S.C23H25FN4O5S/c2*1-2-33-24(31)20-19(14-29-9-11-34-16(13-29)7-10-32-15-30)27-22(23-26-8-12-35-23)28-21(20)17-5-3-4-6-18(17)25;1-31-23(30)19-18(13-28-8-10-33-15(12-28)6-9-32-14-29)26-21(22-25-7-11-34-22)27-20(19)16-4-2-3-5-17(16)24/h2*3-6,8,12,15-16,21H,2,7,9-11,13-14H2,1H3,(H,27,28);2-5,7,11,14-15,20H,6,8-10,12-13H2,1H3,(H,26,27)/t2*16-,21-;15-,20-/m000/s1. The minimum atomic E-state index is -0.887. The molecular weight excluding hydrogens is 1430 g/mol. The number of ether oxygens (including phenoxy) is 9. The SMILES string of the molecule is CCOC(=O)C1=C(CN2CCO[C@@H](CCOC=O)C2)NC(c2nccs2)=N[C@H]1c1ccccc1Cl.CCOC(=O)C1=C(CN2CCO[C@@H](CCOC=O)C2)NC(c2nccs2)=N[C@H]1c1ccccc1F.COC(=O)C1=C(CN2CCO[C@@H](CCOC=O)C2)NC(c2nccs2)=N[C@H]1c1ccccc1F. The highest BCUT2D eigenvalue weighted by Crippen LogP contribution is 2.39. The van der Waals surface area contributed by atoms with Crippen molar-refractivity contribution in [3.8, 4) is 0 Å². The van der Waals surface area contributed by atoms with Crippen LogP contribution in [-0.4, -0.2) is 222 Å². The van der Waals surface area contributed by atoms with Crippen LogP contribution < -0.4 is 16.0 Å². The maximum absolute atomic E-state index is 14.9. The van der Waals surface area contributed by atoms with E-state index in [1.807, 2.05) is 34.3 Å². The van der Waals surface area contributed by atoms with Crippen LogP contribution >= 0.6 is 45.6 Å². The topological polar surface area (TPSA) is 307 Å². The first-order valence-electron chi connectivity index (χ1n) is 33.6. The summed E-state index contributed by atoms with van der Waals surface area (Å²) in [6.07, 6.45) is 6.46. The normalized spacial score (nSPS) is 20.8. The Labute approximate surface area is 616 Å². The zero-order valence-electron chi connectivity index (χ0n) is 57.2. The van der Waals surface area contributed by atoms with E-state index >= 15 is 0 Å². The lowest BCUT2D eigenvalue weighted by molar-refractivity contribution is -0.139. The molecule has 33 heteroatoms. The van der Waals surface area contributed by atoms with Gasteiger partial charge in [-0.3, -0.25) is 44.1 Å². The van der Waals surface area contributed by atoms with Gasteiger partial charge in [0.25, 0.3) is 19.4 Å². The number of nitrogens with zero attached hydrogens (tertiary/aromatic N) is 9. The molecule has 6 aliphatic rings. The predicted octanol–water partition coefficient (Wildman–Crippen LogP) is 7.49. The van der Waals surface area contributed by atoms with Gasteiger partial charge in [0.15, 0.2) is 32.5 Å². The van der Waals surface area contributed by atoms with Crippen molar-refractivity contribution in [2.45, 2.75) is 69.5 Å². The van der Waals surface area contributed by atoms with Crippen molar-refractivity contribution in [2.75, 3.05) is 119 Å². The minimum absolute atomic E-state index is 0.0783. The molecule has 6 atom stereocenters. The van der Waals surface area contributed by atoms with E-state index in [9.17, 15) is 37.5 Å². The van der Waals surface area contributed by atoms with Crippen molar-refractivity contribution in [3.05, 3.63) is 190 Å². The van der Waals surface area contributed by atoms with Crippen LogP contribution in [0.1, 0.15) is 82.9 Å². The van der Waals surface area contributed by atoms with Gasteiger partial charge in [-0.05, 0) is 32.0 Å².